The van der Waals surface area contributed by atoms with Crippen LogP contribution in [0.1, 0.15) is 25.0 Å². The Balaban J connectivity index is 2.03. The van der Waals surface area contributed by atoms with E-state index in [0.717, 1.165) is 11.1 Å². The first kappa shape index (κ1) is 23.1. The minimum atomic E-state index is -1.13. The van der Waals surface area contributed by atoms with Gasteiger partial charge in [-0.3, -0.25) is 14.9 Å². The molecule has 32 heavy (non-hydrogen) atoms. The number of esters is 1. The zero-order chi connectivity index (χ0) is 23.6. The first-order chi connectivity index (χ1) is 15.1. The number of nitrogens with one attached hydrogen (secondary N) is 1. The van der Waals surface area contributed by atoms with Gasteiger partial charge in [0.05, 0.1) is 18.3 Å². The summed E-state index contributed by atoms with van der Waals surface area (Å²) in [6, 6.07) is 13.0. The molecular weight excluding hydrogens is 412 g/mol. The van der Waals surface area contributed by atoms with Crippen LogP contribution in [-0.2, 0) is 9.53 Å². The summed E-state index contributed by atoms with van der Waals surface area (Å²) in [5.41, 5.74) is 1.51. The molecule has 0 saturated carbocycles. The lowest BCUT2D eigenvalue weighted by molar-refractivity contribution is -0.143. The predicted octanol–water partition coefficient (Wildman–Crippen LogP) is 3.75. The second kappa shape index (κ2) is 8.88. The van der Waals surface area contributed by atoms with Crippen LogP contribution in [-0.4, -0.2) is 58.6 Å². The first-order valence-electron chi connectivity index (χ1n) is 10.2. The molecule has 4 amide bonds. The van der Waals surface area contributed by atoms with Crippen molar-refractivity contribution in [3.8, 4) is 0 Å². The van der Waals surface area contributed by atoms with Gasteiger partial charge in [-0.2, -0.15) is 5.06 Å². The second-order valence-corrected chi connectivity index (χ2v) is 8.22. The van der Waals surface area contributed by atoms with Crippen LogP contribution in [0, 0.1) is 13.8 Å². The molecule has 0 aliphatic carbocycles. The number of aryl methyl sites for hydroxylation is 2. The molecule has 2 aromatic carbocycles. The van der Waals surface area contributed by atoms with E-state index in [-0.39, 0.29) is 6.54 Å². The van der Waals surface area contributed by atoms with Crippen molar-refractivity contribution >= 4 is 29.4 Å². The summed E-state index contributed by atoms with van der Waals surface area (Å²) in [4.78, 5) is 41.1. The van der Waals surface area contributed by atoms with Gasteiger partial charge in [0, 0.05) is 5.69 Å². The standard InChI is InChI=1S/C23H28N4O5/c1-15-10-6-8-12-17(15)24-21(29)27(31)20-23(3,4)25(14-19(28)32-5)22(30)26(20)18-13-9-7-11-16(18)2/h6-13,20,31H,14H2,1-5H3,(H,24,29). The summed E-state index contributed by atoms with van der Waals surface area (Å²) in [7, 11) is 1.24. The number of anilines is 2. The Kier molecular flexibility index (Phi) is 6.40. The number of para-hydroxylation sites is 2. The number of carbonyl (C=O) groups excluding carboxylic acids is 3. The van der Waals surface area contributed by atoms with Crippen LogP contribution in [0.25, 0.3) is 0 Å². The van der Waals surface area contributed by atoms with E-state index < -0.39 is 29.7 Å². The molecule has 2 aromatic rings. The number of hydrogen-bond donors (Lipinski definition) is 2. The Labute approximate surface area is 187 Å². The molecule has 1 heterocycles. The van der Waals surface area contributed by atoms with Crippen LogP contribution in [0.15, 0.2) is 48.5 Å². The van der Waals surface area contributed by atoms with Gasteiger partial charge < -0.3 is 15.0 Å². The van der Waals surface area contributed by atoms with Gasteiger partial charge in [0.2, 0.25) is 0 Å². The van der Waals surface area contributed by atoms with E-state index in [9.17, 15) is 19.6 Å². The van der Waals surface area contributed by atoms with Gasteiger partial charge in [-0.1, -0.05) is 36.4 Å². The SMILES string of the molecule is COC(=O)CN1C(=O)N(c2ccccc2C)C(N(O)C(=O)Nc2ccccc2C)C1(C)C. The molecule has 3 rings (SSSR count). The van der Waals surface area contributed by atoms with E-state index in [1.54, 1.807) is 38.1 Å². The van der Waals surface area contributed by atoms with E-state index in [4.69, 9.17) is 4.74 Å². The van der Waals surface area contributed by atoms with Gasteiger partial charge in [0.15, 0.2) is 6.17 Å². The highest BCUT2D eigenvalue weighted by atomic mass is 16.5. The maximum Gasteiger partial charge on any atom is 0.347 e. The zero-order valence-electron chi connectivity index (χ0n) is 18.8. The summed E-state index contributed by atoms with van der Waals surface area (Å²) in [5.74, 6) is -0.606. The number of nitrogens with zero attached hydrogens (tertiary/aromatic N) is 3. The molecule has 9 heteroatoms. The van der Waals surface area contributed by atoms with Crippen LogP contribution < -0.4 is 10.2 Å². The molecule has 1 aliphatic rings. The molecule has 0 radical (unpaired) electrons. The molecule has 0 spiro atoms. The van der Waals surface area contributed by atoms with Crippen molar-refractivity contribution < 1.29 is 24.3 Å². The topological polar surface area (TPSA) is 102 Å². The van der Waals surface area contributed by atoms with Crippen LogP contribution in [0.5, 0.6) is 0 Å². The quantitative estimate of drug-likeness (QED) is 0.419. The van der Waals surface area contributed by atoms with Crippen molar-refractivity contribution in [3.63, 3.8) is 0 Å². The molecule has 1 fully saturated rings. The minimum Gasteiger partial charge on any atom is -0.468 e. The third-order valence-corrected chi connectivity index (χ3v) is 5.73. The summed E-state index contributed by atoms with van der Waals surface area (Å²) in [6.45, 7) is 6.69. The Bertz CT molecular complexity index is 1040. The van der Waals surface area contributed by atoms with Crippen molar-refractivity contribution in [2.45, 2.75) is 39.4 Å². The number of carbonyl (C=O) groups is 3. The van der Waals surface area contributed by atoms with E-state index in [1.807, 2.05) is 38.1 Å². The van der Waals surface area contributed by atoms with E-state index in [1.165, 1.54) is 16.9 Å². The van der Waals surface area contributed by atoms with Crippen molar-refractivity contribution in [1.29, 1.82) is 0 Å². The lowest BCUT2D eigenvalue weighted by Gasteiger charge is -2.38. The molecule has 2 N–H and O–H groups in total. The van der Waals surface area contributed by atoms with E-state index >= 15 is 0 Å². The average Bonchev–Trinajstić information content (AvgIpc) is 2.95. The molecule has 0 bridgehead atoms. The van der Waals surface area contributed by atoms with Crippen LogP contribution in [0.2, 0.25) is 0 Å². The number of methoxy groups -OCH3 is 1. The van der Waals surface area contributed by atoms with Crippen LogP contribution in [0.3, 0.4) is 0 Å². The molecule has 1 saturated heterocycles. The molecule has 1 atom stereocenters. The summed E-state index contributed by atoms with van der Waals surface area (Å²) in [5, 5.41) is 14.2. The highest BCUT2D eigenvalue weighted by molar-refractivity contribution is 6.00. The molecule has 1 aliphatic heterocycles. The summed E-state index contributed by atoms with van der Waals surface area (Å²) >= 11 is 0. The monoisotopic (exact) mass is 440 g/mol. The number of hydrogen-bond acceptors (Lipinski definition) is 5. The third-order valence-electron chi connectivity index (χ3n) is 5.73. The third kappa shape index (κ3) is 4.11. The normalized spacial score (nSPS) is 17.3. The van der Waals surface area contributed by atoms with Gasteiger partial charge >= 0.3 is 18.0 Å². The van der Waals surface area contributed by atoms with Gasteiger partial charge in [-0.05, 0) is 51.0 Å². The van der Waals surface area contributed by atoms with Crippen LogP contribution >= 0.6 is 0 Å². The molecule has 9 nitrogen and oxygen atoms in total. The number of ether oxygens (including phenoxy) is 1. The zero-order valence-corrected chi connectivity index (χ0v) is 18.8. The minimum absolute atomic E-state index is 0.325. The Hall–Kier alpha value is -3.59. The van der Waals surface area contributed by atoms with E-state index in [2.05, 4.69) is 5.32 Å². The first-order valence-corrected chi connectivity index (χ1v) is 10.2. The van der Waals surface area contributed by atoms with Gasteiger partial charge in [0.25, 0.3) is 0 Å². The number of benzene rings is 2. The van der Waals surface area contributed by atoms with Crippen molar-refractivity contribution in [1.82, 2.24) is 9.96 Å². The number of hydroxylamine groups is 2. The van der Waals surface area contributed by atoms with Crippen LogP contribution in [0.4, 0.5) is 21.0 Å². The van der Waals surface area contributed by atoms with Crippen molar-refractivity contribution in [2.75, 3.05) is 23.9 Å². The maximum atomic E-state index is 13.4. The Morgan fingerprint density at radius 2 is 1.69 bits per heavy atom. The number of urea groups is 2. The van der Waals surface area contributed by atoms with Crippen molar-refractivity contribution in [3.05, 3.63) is 59.7 Å². The largest absolute Gasteiger partial charge is 0.468 e. The van der Waals surface area contributed by atoms with Gasteiger partial charge in [0.1, 0.15) is 6.54 Å². The number of rotatable bonds is 5. The molecule has 170 valence electrons. The fourth-order valence-electron chi connectivity index (χ4n) is 3.88. The highest BCUT2D eigenvalue weighted by Gasteiger charge is 2.56. The number of amides is 4. The maximum absolute atomic E-state index is 13.4. The average molecular weight is 441 g/mol. The van der Waals surface area contributed by atoms with Gasteiger partial charge in [-0.15, -0.1) is 0 Å². The fraction of sp³-hybridized carbons (Fsp3) is 0.348. The molecular formula is C23H28N4O5. The molecule has 1 unspecified atom stereocenters. The predicted molar refractivity (Wildman–Crippen MR) is 119 cm³/mol. The van der Waals surface area contributed by atoms with Crippen molar-refractivity contribution in [2.24, 2.45) is 0 Å². The molecule has 0 aromatic heterocycles. The highest BCUT2D eigenvalue weighted by Crippen LogP contribution is 2.39. The summed E-state index contributed by atoms with van der Waals surface area (Å²) in [6.07, 6.45) is -1.12. The van der Waals surface area contributed by atoms with E-state index in [0.29, 0.717) is 16.4 Å². The van der Waals surface area contributed by atoms with Gasteiger partial charge in [-0.25, -0.2) is 9.59 Å². The lowest BCUT2D eigenvalue weighted by atomic mass is 9.99. The second-order valence-electron chi connectivity index (χ2n) is 8.22. The Morgan fingerprint density at radius 3 is 2.28 bits per heavy atom. The fourth-order valence-corrected chi connectivity index (χ4v) is 3.88. The lowest BCUT2D eigenvalue weighted by Crippen LogP contribution is -2.58. The Morgan fingerprint density at radius 1 is 1.09 bits per heavy atom. The summed E-state index contributed by atoms with van der Waals surface area (Å²) < 4.78 is 4.75. The smallest absolute Gasteiger partial charge is 0.347 e.